The van der Waals surface area contributed by atoms with Crippen LogP contribution in [0.25, 0.3) is 0 Å². The van der Waals surface area contributed by atoms with Gasteiger partial charge in [0, 0.05) is 31.4 Å². The van der Waals surface area contributed by atoms with Crippen molar-refractivity contribution in [2.24, 2.45) is 0 Å². The first-order chi connectivity index (χ1) is 11.2. The smallest absolute Gasteiger partial charge is 0.270 e. The zero-order chi connectivity index (χ0) is 16.1. The molecule has 23 heavy (non-hydrogen) atoms. The van der Waals surface area contributed by atoms with Crippen molar-refractivity contribution >= 4 is 11.9 Å². The molecule has 0 atom stereocenters. The summed E-state index contributed by atoms with van der Waals surface area (Å²) in [7, 11) is 0. The summed E-state index contributed by atoms with van der Waals surface area (Å²) >= 11 is 0. The molecule has 1 aromatic carbocycles. The number of aromatic nitrogens is 2. The van der Waals surface area contributed by atoms with Crippen LogP contribution in [0.1, 0.15) is 35.3 Å². The first kappa shape index (κ1) is 15.4. The minimum Gasteiger partial charge on any atom is -0.347 e. The number of rotatable bonds is 4. The Morgan fingerprint density at radius 3 is 2.74 bits per heavy atom. The molecule has 2 aromatic rings. The van der Waals surface area contributed by atoms with Crippen molar-refractivity contribution in [1.82, 2.24) is 15.3 Å². The maximum atomic E-state index is 13.6. The van der Waals surface area contributed by atoms with Gasteiger partial charge < -0.3 is 10.2 Å². The topological polar surface area (TPSA) is 58.1 Å². The van der Waals surface area contributed by atoms with Gasteiger partial charge in [0.15, 0.2) is 0 Å². The third kappa shape index (κ3) is 3.83. The number of benzene rings is 1. The van der Waals surface area contributed by atoms with E-state index in [0.29, 0.717) is 17.2 Å². The van der Waals surface area contributed by atoms with Crippen LogP contribution in [-0.4, -0.2) is 29.0 Å². The Balaban J connectivity index is 1.66. The summed E-state index contributed by atoms with van der Waals surface area (Å²) in [6.07, 6.45) is 5.05. The van der Waals surface area contributed by atoms with E-state index < -0.39 is 0 Å². The lowest BCUT2D eigenvalue weighted by atomic mass is 10.1. The Morgan fingerprint density at radius 1 is 1.17 bits per heavy atom. The van der Waals surface area contributed by atoms with E-state index in [1.165, 1.54) is 12.5 Å². The van der Waals surface area contributed by atoms with Gasteiger partial charge in [0.1, 0.15) is 11.5 Å². The third-order valence-electron chi connectivity index (χ3n) is 3.91. The minimum atomic E-state index is -0.329. The van der Waals surface area contributed by atoms with Gasteiger partial charge >= 0.3 is 0 Å². The molecule has 3 rings (SSSR count). The number of carbonyl (C=O) groups excluding carboxylic acids is 1. The number of hydrogen-bond donors (Lipinski definition) is 1. The number of nitrogens with one attached hydrogen (secondary N) is 1. The van der Waals surface area contributed by atoms with Crippen LogP contribution in [0.3, 0.4) is 0 Å². The standard InChI is InChI=1S/C17H19FN4O/c18-14-7-3-2-6-13(14)12-20-16(23)15-8-9-19-17(21-15)22-10-4-1-5-11-22/h2-3,6-9H,1,4-5,10-12H2,(H,20,23). The molecule has 1 amide bonds. The van der Waals surface area contributed by atoms with Gasteiger partial charge in [0.2, 0.25) is 5.95 Å². The van der Waals surface area contributed by atoms with Crippen LogP contribution in [0, 0.1) is 5.82 Å². The van der Waals surface area contributed by atoms with E-state index in [4.69, 9.17) is 0 Å². The van der Waals surface area contributed by atoms with E-state index in [0.717, 1.165) is 25.9 Å². The van der Waals surface area contributed by atoms with Crippen LogP contribution in [0.5, 0.6) is 0 Å². The van der Waals surface area contributed by atoms with Crippen LogP contribution in [0.15, 0.2) is 36.5 Å². The Bertz CT molecular complexity index is 686. The first-order valence-electron chi connectivity index (χ1n) is 7.83. The quantitative estimate of drug-likeness (QED) is 0.942. The van der Waals surface area contributed by atoms with Crippen molar-refractivity contribution in [3.8, 4) is 0 Å². The minimum absolute atomic E-state index is 0.133. The molecule has 0 saturated carbocycles. The number of amides is 1. The van der Waals surface area contributed by atoms with Gasteiger partial charge in [0.05, 0.1) is 0 Å². The van der Waals surface area contributed by atoms with E-state index >= 15 is 0 Å². The first-order valence-corrected chi connectivity index (χ1v) is 7.83. The SMILES string of the molecule is O=C(NCc1ccccc1F)c1ccnc(N2CCCCC2)n1. The molecule has 0 radical (unpaired) electrons. The van der Waals surface area contributed by atoms with Gasteiger partial charge in [0.25, 0.3) is 5.91 Å². The molecule has 1 aromatic heterocycles. The van der Waals surface area contributed by atoms with Crippen LogP contribution in [0.2, 0.25) is 0 Å². The Hall–Kier alpha value is -2.50. The monoisotopic (exact) mass is 314 g/mol. The second kappa shape index (κ2) is 7.17. The van der Waals surface area contributed by atoms with E-state index in [9.17, 15) is 9.18 Å². The molecule has 0 spiro atoms. The molecule has 2 heterocycles. The average molecular weight is 314 g/mol. The lowest BCUT2D eigenvalue weighted by Crippen LogP contribution is -2.32. The molecule has 0 unspecified atom stereocenters. The molecular weight excluding hydrogens is 295 g/mol. The second-order valence-corrected chi connectivity index (χ2v) is 5.56. The van der Waals surface area contributed by atoms with Gasteiger partial charge in [-0.05, 0) is 31.4 Å². The maximum absolute atomic E-state index is 13.6. The fourth-order valence-corrected chi connectivity index (χ4v) is 2.63. The van der Waals surface area contributed by atoms with Crippen LogP contribution in [-0.2, 0) is 6.54 Å². The highest BCUT2D eigenvalue weighted by atomic mass is 19.1. The Morgan fingerprint density at radius 2 is 1.96 bits per heavy atom. The summed E-state index contributed by atoms with van der Waals surface area (Å²) in [5.74, 6) is -0.0679. The van der Waals surface area contributed by atoms with Gasteiger partial charge in [-0.15, -0.1) is 0 Å². The number of anilines is 1. The number of piperidine rings is 1. The molecule has 1 aliphatic heterocycles. The van der Waals surface area contributed by atoms with Crippen molar-refractivity contribution in [1.29, 1.82) is 0 Å². The maximum Gasteiger partial charge on any atom is 0.270 e. The number of halogens is 1. The van der Waals surface area contributed by atoms with Crippen LogP contribution < -0.4 is 10.2 Å². The third-order valence-corrected chi connectivity index (χ3v) is 3.91. The van der Waals surface area contributed by atoms with Crippen molar-refractivity contribution in [3.05, 3.63) is 53.6 Å². The van der Waals surface area contributed by atoms with Gasteiger partial charge in [-0.3, -0.25) is 4.79 Å². The molecule has 6 heteroatoms. The predicted octanol–water partition coefficient (Wildman–Crippen LogP) is 2.54. The molecule has 1 aliphatic rings. The molecule has 1 saturated heterocycles. The normalized spacial score (nSPS) is 14.6. The number of hydrogen-bond acceptors (Lipinski definition) is 4. The van der Waals surface area contributed by atoms with Crippen LogP contribution >= 0.6 is 0 Å². The van der Waals surface area contributed by atoms with E-state index in [2.05, 4.69) is 20.2 Å². The lowest BCUT2D eigenvalue weighted by molar-refractivity contribution is 0.0945. The molecule has 5 nitrogen and oxygen atoms in total. The van der Waals surface area contributed by atoms with E-state index in [1.807, 2.05) is 0 Å². The largest absolute Gasteiger partial charge is 0.347 e. The summed E-state index contributed by atoms with van der Waals surface area (Å²) in [6, 6.07) is 7.96. The second-order valence-electron chi connectivity index (χ2n) is 5.56. The van der Waals surface area contributed by atoms with Crippen molar-refractivity contribution in [2.75, 3.05) is 18.0 Å². The van der Waals surface area contributed by atoms with Crippen LogP contribution in [0.4, 0.5) is 10.3 Å². The summed E-state index contributed by atoms with van der Waals surface area (Å²) in [5.41, 5.74) is 0.753. The fourth-order valence-electron chi connectivity index (χ4n) is 2.63. The average Bonchev–Trinajstić information content (AvgIpc) is 2.62. The van der Waals surface area contributed by atoms with Gasteiger partial charge in [-0.25, -0.2) is 14.4 Å². The molecule has 0 aliphatic carbocycles. The molecule has 0 bridgehead atoms. The molecule has 1 fully saturated rings. The molecular formula is C17H19FN4O. The van der Waals surface area contributed by atoms with Crippen molar-refractivity contribution < 1.29 is 9.18 Å². The Kier molecular flexibility index (Phi) is 4.80. The lowest BCUT2D eigenvalue weighted by Gasteiger charge is -2.26. The van der Waals surface area contributed by atoms with Gasteiger partial charge in [-0.2, -0.15) is 0 Å². The Labute approximate surface area is 134 Å². The summed E-state index contributed by atoms with van der Waals surface area (Å²) in [5, 5.41) is 2.70. The summed E-state index contributed by atoms with van der Waals surface area (Å²) < 4.78 is 13.6. The number of carbonyl (C=O) groups is 1. The molecule has 120 valence electrons. The number of nitrogens with zero attached hydrogens (tertiary/aromatic N) is 3. The highest BCUT2D eigenvalue weighted by Crippen LogP contribution is 2.15. The summed E-state index contributed by atoms with van der Waals surface area (Å²) in [6.45, 7) is 1.97. The molecule has 1 N–H and O–H groups in total. The predicted molar refractivity (Wildman–Crippen MR) is 85.7 cm³/mol. The zero-order valence-corrected chi connectivity index (χ0v) is 12.8. The summed E-state index contributed by atoms with van der Waals surface area (Å²) in [4.78, 5) is 22.9. The van der Waals surface area contributed by atoms with Gasteiger partial charge in [-0.1, -0.05) is 18.2 Å². The van der Waals surface area contributed by atoms with E-state index in [1.54, 1.807) is 30.5 Å². The highest BCUT2D eigenvalue weighted by molar-refractivity contribution is 5.92. The highest BCUT2D eigenvalue weighted by Gasteiger charge is 2.16. The van der Waals surface area contributed by atoms with E-state index in [-0.39, 0.29) is 18.3 Å². The zero-order valence-electron chi connectivity index (χ0n) is 12.8. The van der Waals surface area contributed by atoms with Crippen molar-refractivity contribution in [2.45, 2.75) is 25.8 Å². The van der Waals surface area contributed by atoms with Crippen molar-refractivity contribution in [3.63, 3.8) is 0 Å². The fraction of sp³-hybridized carbons (Fsp3) is 0.353.